The number of methoxy groups -OCH3 is 2. The predicted molar refractivity (Wildman–Crippen MR) is 73.8 cm³/mol. The summed E-state index contributed by atoms with van der Waals surface area (Å²) in [6.45, 7) is 0.369. The second-order valence-electron chi connectivity index (χ2n) is 4.22. The van der Waals surface area contributed by atoms with E-state index in [0.717, 1.165) is 11.3 Å². The molecule has 0 bridgehead atoms. The van der Waals surface area contributed by atoms with Crippen LogP contribution in [0, 0.1) is 0 Å². The lowest BCUT2D eigenvalue weighted by atomic mass is 10.1. The van der Waals surface area contributed by atoms with Gasteiger partial charge in [0.2, 0.25) is 0 Å². The lowest BCUT2D eigenvalue weighted by Crippen LogP contribution is -2.28. The van der Waals surface area contributed by atoms with Gasteiger partial charge < -0.3 is 19.2 Å². The van der Waals surface area contributed by atoms with Crippen molar-refractivity contribution < 1.29 is 18.7 Å². The third kappa shape index (κ3) is 3.39. The molecule has 1 unspecified atom stereocenters. The van der Waals surface area contributed by atoms with Crippen LogP contribution >= 0.6 is 0 Å². The highest BCUT2D eigenvalue weighted by Crippen LogP contribution is 2.21. The molecular formula is C15H17NO4. The number of amides is 1. The van der Waals surface area contributed by atoms with Gasteiger partial charge in [-0.25, -0.2) is 0 Å². The summed E-state index contributed by atoms with van der Waals surface area (Å²) >= 11 is 0. The van der Waals surface area contributed by atoms with Crippen molar-refractivity contribution in [3.63, 3.8) is 0 Å². The molecule has 0 spiro atoms. The van der Waals surface area contributed by atoms with Crippen molar-refractivity contribution in [2.45, 2.75) is 6.10 Å². The van der Waals surface area contributed by atoms with Gasteiger partial charge >= 0.3 is 0 Å². The molecule has 1 amide bonds. The smallest absolute Gasteiger partial charge is 0.254 e. The Morgan fingerprint density at radius 3 is 2.85 bits per heavy atom. The number of hydrogen-bond acceptors (Lipinski definition) is 4. The van der Waals surface area contributed by atoms with Crippen LogP contribution < -0.4 is 10.1 Å². The first-order valence-electron chi connectivity index (χ1n) is 6.21. The number of ether oxygens (including phenoxy) is 2. The van der Waals surface area contributed by atoms with Crippen LogP contribution in [0.4, 0.5) is 0 Å². The number of hydrogen-bond donors (Lipinski definition) is 1. The van der Waals surface area contributed by atoms with E-state index in [0.29, 0.717) is 12.1 Å². The molecule has 1 N–H and O–H groups in total. The number of carbonyl (C=O) groups is 1. The Bertz CT molecular complexity index is 551. The normalized spacial score (nSPS) is 11.9. The Morgan fingerprint density at radius 2 is 2.20 bits per heavy atom. The number of carbonyl (C=O) groups excluding carboxylic acids is 1. The second-order valence-corrected chi connectivity index (χ2v) is 4.22. The number of nitrogens with one attached hydrogen (secondary N) is 1. The fourth-order valence-corrected chi connectivity index (χ4v) is 1.86. The van der Waals surface area contributed by atoms with E-state index in [1.54, 1.807) is 20.3 Å². The number of benzene rings is 1. The summed E-state index contributed by atoms with van der Waals surface area (Å²) in [5.41, 5.74) is 1.44. The topological polar surface area (TPSA) is 60.7 Å². The monoisotopic (exact) mass is 275 g/mol. The molecule has 5 heteroatoms. The molecule has 1 heterocycles. The molecule has 106 valence electrons. The van der Waals surface area contributed by atoms with Gasteiger partial charge in [0.1, 0.15) is 12.0 Å². The van der Waals surface area contributed by atoms with Gasteiger partial charge in [0, 0.05) is 13.7 Å². The zero-order valence-corrected chi connectivity index (χ0v) is 11.5. The summed E-state index contributed by atoms with van der Waals surface area (Å²) in [5, 5.41) is 2.81. The minimum Gasteiger partial charge on any atom is -0.497 e. The summed E-state index contributed by atoms with van der Waals surface area (Å²) in [7, 11) is 3.22. The van der Waals surface area contributed by atoms with Crippen LogP contribution in [0.5, 0.6) is 5.75 Å². The first-order chi connectivity index (χ1) is 9.74. The van der Waals surface area contributed by atoms with E-state index >= 15 is 0 Å². The van der Waals surface area contributed by atoms with E-state index in [1.807, 2.05) is 24.3 Å². The van der Waals surface area contributed by atoms with Crippen molar-refractivity contribution >= 4 is 5.91 Å². The molecule has 5 nitrogen and oxygen atoms in total. The van der Waals surface area contributed by atoms with Gasteiger partial charge in [0.05, 0.1) is 25.0 Å². The zero-order chi connectivity index (χ0) is 14.4. The van der Waals surface area contributed by atoms with Crippen molar-refractivity contribution in [3.05, 3.63) is 54.0 Å². The molecule has 0 aliphatic heterocycles. The van der Waals surface area contributed by atoms with E-state index < -0.39 is 0 Å². The maximum atomic E-state index is 11.8. The fraction of sp³-hybridized carbons (Fsp3) is 0.267. The van der Waals surface area contributed by atoms with Crippen LogP contribution in [-0.2, 0) is 4.74 Å². The van der Waals surface area contributed by atoms with Gasteiger partial charge in [-0.15, -0.1) is 0 Å². The first-order valence-corrected chi connectivity index (χ1v) is 6.21. The number of rotatable bonds is 6. The van der Waals surface area contributed by atoms with Crippen molar-refractivity contribution in [1.82, 2.24) is 5.32 Å². The summed E-state index contributed by atoms with van der Waals surface area (Å²) in [6.07, 6.45) is 2.63. The highest BCUT2D eigenvalue weighted by molar-refractivity contribution is 5.93. The van der Waals surface area contributed by atoms with E-state index in [4.69, 9.17) is 13.9 Å². The van der Waals surface area contributed by atoms with Gasteiger partial charge in [-0.2, -0.15) is 0 Å². The predicted octanol–water partition coefficient (Wildman–Crippen LogP) is 2.41. The molecule has 1 aromatic carbocycles. The van der Waals surface area contributed by atoms with Crippen molar-refractivity contribution in [2.75, 3.05) is 20.8 Å². The van der Waals surface area contributed by atoms with Crippen molar-refractivity contribution in [3.8, 4) is 5.75 Å². The third-order valence-corrected chi connectivity index (χ3v) is 2.98. The molecule has 2 aromatic rings. The molecule has 0 saturated carbocycles. The highest BCUT2D eigenvalue weighted by atomic mass is 16.5. The van der Waals surface area contributed by atoms with Gasteiger partial charge in [-0.1, -0.05) is 12.1 Å². The van der Waals surface area contributed by atoms with Gasteiger partial charge in [0.25, 0.3) is 5.91 Å². The molecule has 1 aromatic heterocycles. The molecule has 20 heavy (non-hydrogen) atoms. The van der Waals surface area contributed by atoms with E-state index in [1.165, 1.54) is 12.5 Å². The molecule has 0 fully saturated rings. The minimum atomic E-state index is -0.235. The third-order valence-electron chi connectivity index (χ3n) is 2.98. The van der Waals surface area contributed by atoms with Crippen molar-refractivity contribution in [1.29, 1.82) is 0 Å². The Hall–Kier alpha value is -2.27. The molecule has 0 radical (unpaired) electrons. The van der Waals surface area contributed by atoms with Crippen LogP contribution in [0.3, 0.4) is 0 Å². The van der Waals surface area contributed by atoms with E-state index in [2.05, 4.69) is 5.32 Å². The maximum Gasteiger partial charge on any atom is 0.254 e. The van der Waals surface area contributed by atoms with E-state index in [9.17, 15) is 4.79 Å². The summed E-state index contributed by atoms with van der Waals surface area (Å²) in [4.78, 5) is 11.8. The van der Waals surface area contributed by atoms with Crippen LogP contribution in [0.25, 0.3) is 0 Å². The van der Waals surface area contributed by atoms with Gasteiger partial charge in [-0.3, -0.25) is 4.79 Å². The highest BCUT2D eigenvalue weighted by Gasteiger charge is 2.14. The molecule has 2 rings (SSSR count). The van der Waals surface area contributed by atoms with Crippen LogP contribution in [0.15, 0.2) is 47.3 Å². The SMILES string of the molecule is COc1cccc(C(CNC(=O)c2ccoc2)OC)c1. The summed E-state index contributed by atoms with van der Waals surface area (Å²) in [6, 6.07) is 9.18. The lowest BCUT2D eigenvalue weighted by Gasteiger charge is -2.17. The minimum absolute atomic E-state index is 0.191. The van der Waals surface area contributed by atoms with Gasteiger partial charge in [-0.05, 0) is 23.8 Å². The van der Waals surface area contributed by atoms with Crippen LogP contribution in [0.2, 0.25) is 0 Å². The average molecular weight is 275 g/mol. The molecule has 0 aliphatic carbocycles. The Balaban J connectivity index is 2.00. The molecule has 0 saturated heterocycles. The average Bonchev–Trinajstić information content (AvgIpc) is 3.02. The van der Waals surface area contributed by atoms with Crippen LogP contribution in [-0.4, -0.2) is 26.7 Å². The summed E-state index contributed by atoms with van der Waals surface area (Å²) < 4.78 is 15.5. The van der Waals surface area contributed by atoms with Crippen molar-refractivity contribution in [2.24, 2.45) is 0 Å². The largest absolute Gasteiger partial charge is 0.497 e. The fourth-order valence-electron chi connectivity index (χ4n) is 1.86. The van der Waals surface area contributed by atoms with Gasteiger partial charge in [0.15, 0.2) is 0 Å². The zero-order valence-electron chi connectivity index (χ0n) is 11.5. The Kier molecular flexibility index (Phi) is 4.79. The number of furan rings is 1. The quantitative estimate of drug-likeness (QED) is 0.879. The Morgan fingerprint density at radius 1 is 1.35 bits per heavy atom. The second kappa shape index (κ2) is 6.77. The Labute approximate surface area is 117 Å². The van der Waals surface area contributed by atoms with E-state index in [-0.39, 0.29) is 12.0 Å². The maximum absolute atomic E-state index is 11.8. The summed E-state index contributed by atoms with van der Waals surface area (Å²) in [5.74, 6) is 0.564. The standard InChI is InChI=1S/C15H17NO4/c1-18-13-5-3-4-11(8-13)14(19-2)9-16-15(17)12-6-7-20-10-12/h3-8,10,14H,9H2,1-2H3,(H,16,17). The molecule has 1 atom stereocenters. The van der Waals surface area contributed by atoms with Crippen LogP contribution in [0.1, 0.15) is 22.0 Å². The molecule has 0 aliphatic rings. The lowest BCUT2D eigenvalue weighted by molar-refractivity contribution is 0.0827. The first kappa shape index (κ1) is 14.1. The molecular weight excluding hydrogens is 258 g/mol.